The van der Waals surface area contributed by atoms with E-state index < -0.39 is 5.60 Å². The quantitative estimate of drug-likeness (QED) is 0.647. The first kappa shape index (κ1) is 17.7. The van der Waals surface area contributed by atoms with E-state index in [-0.39, 0.29) is 11.2 Å². The van der Waals surface area contributed by atoms with E-state index >= 15 is 0 Å². The molecule has 142 valence electrons. The van der Waals surface area contributed by atoms with Crippen molar-refractivity contribution in [2.45, 2.75) is 69.7 Å². The summed E-state index contributed by atoms with van der Waals surface area (Å²) in [5.41, 5.74) is 4.07. The van der Waals surface area contributed by atoms with Gasteiger partial charge in [0.15, 0.2) is 5.79 Å². The maximum atomic E-state index is 11.3. The molecule has 4 heteroatoms. The SMILES string of the molecule is C[C@]12CC=C3C4=C(CC[C@H]3[C@@H]1CC[C@@]2(O)C=CBr)CC1(CC4)OCCO1. The number of allylic oxidation sites excluding steroid dienone is 3. The Bertz CT molecular complexity index is 702. The number of ether oxygens (including phenoxy) is 2. The highest BCUT2D eigenvalue weighted by atomic mass is 79.9. The number of hydrogen-bond acceptors (Lipinski definition) is 3. The number of halogens is 1. The third kappa shape index (κ3) is 2.35. The molecule has 4 aliphatic carbocycles. The molecular weight excluding hydrogens is 392 g/mol. The third-order valence-electron chi connectivity index (χ3n) is 8.20. The molecule has 0 bridgehead atoms. The van der Waals surface area contributed by atoms with Gasteiger partial charge in [0.2, 0.25) is 0 Å². The molecule has 5 aliphatic rings. The van der Waals surface area contributed by atoms with E-state index in [0.717, 1.165) is 51.7 Å². The smallest absolute Gasteiger partial charge is 0.172 e. The summed E-state index contributed by atoms with van der Waals surface area (Å²) in [6.07, 6.45) is 12.9. The average molecular weight is 421 g/mol. The zero-order valence-corrected chi connectivity index (χ0v) is 17.2. The minimum atomic E-state index is -0.681. The van der Waals surface area contributed by atoms with E-state index in [0.29, 0.717) is 11.8 Å². The fourth-order valence-electron chi connectivity index (χ4n) is 6.72. The highest BCUT2D eigenvalue weighted by molar-refractivity contribution is 9.11. The van der Waals surface area contributed by atoms with E-state index in [1.54, 1.807) is 16.7 Å². The van der Waals surface area contributed by atoms with Gasteiger partial charge in [-0.05, 0) is 72.6 Å². The van der Waals surface area contributed by atoms with Crippen LogP contribution in [0.3, 0.4) is 0 Å². The van der Waals surface area contributed by atoms with Gasteiger partial charge in [0.1, 0.15) is 0 Å². The first-order valence-corrected chi connectivity index (χ1v) is 11.1. The van der Waals surface area contributed by atoms with Crippen molar-refractivity contribution < 1.29 is 14.6 Å². The second-order valence-electron chi connectivity index (χ2n) is 9.15. The third-order valence-corrected chi connectivity index (χ3v) is 8.46. The van der Waals surface area contributed by atoms with Gasteiger partial charge in [-0.25, -0.2) is 0 Å². The Kier molecular flexibility index (Phi) is 4.10. The predicted molar refractivity (Wildman–Crippen MR) is 105 cm³/mol. The summed E-state index contributed by atoms with van der Waals surface area (Å²) in [5, 5.41) is 11.3. The predicted octanol–water partition coefficient (Wildman–Crippen LogP) is 5.01. The zero-order valence-electron chi connectivity index (χ0n) is 15.6. The Labute approximate surface area is 164 Å². The fraction of sp³-hybridized carbons (Fsp3) is 0.727. The summed E-state index contributed by atoms with van der Waals surface area (Å²) in [7, 11) is 0. The van der Waals surface area contributed by atoms with E-state index in [4.69, 9.17) is 9.47 Å². The Morgan fingerprint density at radius 2 is 2.00 bits per heavy atom. The molecule has 0 aromatic heterocycles. The maximum absolute atomic E-state index is 11.3. The molecule has 0 radical (unpaired) electrons. The zero-order chi connectivity index (χ0) is 18.0. The lowest BCUT2D eigenvalue weighted by atomic mass is 9.56. The van der Waals surface area contributed by atoms with Crippen molar-refractivity contribution in [3.8, 4) is 0 Å². The summed E-state index contributed by atoms with van der Waals surface area (Å²) in [4.78, 5) is 1.85. The molecule has 1 heterocycles. The van der Waals surface area contributed by atoms with Crippen LogP contribution in [0.1, 0.15) is 58.3 Å². The van der Waals surface area contributed by atoms with Crippen LogP contribution in [0.5, 0.6) is 0 Å². The van der Waals surface area contributed by atoms with Gasteiger partial charge in [-0.15, -0.1) is 0 Å². The molecule has 1 spiro atoms. The van der Waals surface area contributed by atoms with Crippen molar-refractivity contribution >= 4 is 15.9 Å². The van der Waals surface area contributed by atoms with Gasteiger partial charge in [-0.1, -0.05) is 34.5 Å². The van der Waals surface area contributed by atoms with E-state index in [1.165, 1.54) is 12.8 Å². The molecule has 2 fully saturated rings. The molecule has 0 aromatic rings. The molecule has 1 aliphatic heterocycles. The monoisotopic (exact) mass is 420 g/mol. The standard InChI is InChI=1S/C22H29BrO3/c1-20-7-4-17-16-5-9-22(25-12-13-26-22)14-15(16)2-3-18(17)19(20)6-8-21(20,24)10-11-23/h4,10-11,18-19,24H,2-3,5-9,12-14H2,1H3/t18-,19+,20+,21-/m1/s1. The molecule has 0 aromatic carbocycles. The lowest BCUT2D eigenvalue weighted by molar-refractivity contribution is -0.164. The number of fused-ring (bicyclic) bond motifs is 4. The summed E-state index contributed by atoms with van der Waals surface area (Å²) in [6.45, 7) is 3.80. The van der Waals surface area contributed by atoms with Crippen LogP contribution in [-0.2, 0) is 9.47 Å². The first-order valence-electron chi connectivity index (χ1n) is 10.2. The molecule has 3 nitrogen and oxygen atoms in total. The normalized spacial score (nSPS) is 44.2. The fourth-order valence-corrected chi connectivity index (χ4v) is 7.16. The van der Waals surface area contributed by atoms with Crippen LogP contribution in [0, 0.1) is 17.3 Å². The molecular formula is C22H29BrO3. The lowest BCUT2D eigenvalue weighted by Crippen LogP contribution is -2.48. The van der Waals surface area contributed by atoms with Crippen LogP contribution in [0.4, 0.5) is 0 Å². The van der Waals surface area contributed by atoms with Crippen LogP contribution in [0.25, 0.3) is 0 Å². The second-order valence-corrected chi connectivity index (χ2v) is 9.68. The van der Waals surface area contributed by atoms with Gasteiger partial charge >= 0.3 is 0 Å². The Morgan fingerprint density at radius 1 is 1.19 bits per heavy atom. The molecule has 0 amide bonds. The van der Waals surface area contributed by atoms with Crippen LogP contribution >= 0.6 is 15.9 Å². The molecule has 1 saturated carbocycles. The van der Waals surface area contributed by atoms with Gasteiger partial charge < -0.3 is 14.6 Å². The van der Waals surface area contributed by atoms with E-state index in [1.807, 2.05) is 11.1 Å². The Morgan fingerprint density at radius 3 is 2.77 bits per heavy atom. The van der Waals surface area contributed by atoms with E-state index in [9.17, 15) is 5.11 Å². The van der Waals surface area contributed by atoms with Gasteiger partial charge in [0.05, 0.1) is 18.8 Å². The van der Waals surface area contributed by atoms with E-state index in [2.05, 4.69) is 28.9 Å². The lowest BCUT2D eigenvalue weighted by Gasteiger charge is -2.50. The largest absolute Gasteiger partial charge is 0.385 e. The Hall–Kier alpha value is -0.420. The Balaban J connectivity index is 1.48. The van der Waals surface area contributed by atoms with Gasteiger partial charge in [0.25, 0.3) is 0 Å². The molecule has 4 atom stereocenters. The van der Waals surface area contributed by atoms with Gasteiger partial charge in [-0.2, -0.15) is 0 Å². The van der Waals surface area contributed by atoms with Crippen molar-refractivity contribution in [1.82, 2.24) is 0 Å². The van der Waals surface area contributed by atoms with Crippen molar-refractivity contribution in [2.24, 2.45) is 17.3 Å². The second kappa shape index (κ2) is 6.04. The van der Waals surface area contributed by atoms with Crippen LogP contribution < -0.4 is 0 Å². The highest BCUT2D eigenvalue weighted by Gasteiger charge is 2.59. The van der Waals surface area contributed by atoms with Crippen molar-refractivity contribution in [1.29, 1.82) is 0 Å². The van der Waals surface area contributed by atoms with Crippen molar-refractivity contribution in [3.63, 3.8) is 0 Å². The topological polar surface area (TPSA) is 38.7 Å². The summed E-state index contributed by atoms with van der Waals surface area (Å²) in [5.74, 6) is 0.883. The van der Waals surface area contributed by atoms with Gasteiger partial charge in [0, 0.05) is 18.3 Å². The number of aliphatic hydroxyl groups is 1. The van der Waals surface area contributed by atoms with Crippen LogP contribution in [0.15, 0.2) is 33.9 Å². The van der Waals surface area contributed by atoms with Crippen molar-refractivity contribution in [2.75, 3.05) is 13.2 Å². The summed E-state index contributed by atoms with van der Waals surface area (Å²) in [6, 6.07) is 0. The number of rotatable bonds is 1. The minimum Gasteiger partial charge on any atom is -0.385 e. The van der Waals surface area contributed by atoms with Gasteiger partial charge in [-0.3, -0.25) is 0 Å². The van der Waals surface area contributed by atoms with Crippen molar-refractivity contribution in [3.05, 3.63) is 33.9 Å². The summed E-state index contributed by atoms with van der Waals surface area (Å²) >= 11 is 3.39. The maximum Gasteiger partial charge on any atom is 0.172 e. The first-order chi connectivity index (χ1) is 12.5. The average Bonchev–Trinajstić information content (AvgIpc) is 3.18. The summed E-state index contributed by atoms with van der Waals surface area (Å²) < 4.78 is 12.0. The molecule has 26 heavy (non-hydrogen) atoms. The highest BCUT2D eigenvalue weighted by Crippen LogP contribution is 2.63. The van der Waals surface area contributed by atoms with Crippen LogP contribution in [0.2, 0.25) is 0 Å². The molecule has 1 N–H and O–H groups in total. The van der Waals surface area contributed by atoms with Crippen LogP contribution in [-0.4, -0.2) is 29.7 Å². The minimum absolute atomic E-state index is 0.0446. The number of hydrogen-bond donors (Lipinski definition) is 1. The molecule has 1 saturated heterocycles. The molecule has 5 rings (SSSR count). The molecule has 0 unspecified atom stereocenters.